The van der Waals surface area contributed by atoms with E-state index < -0.39 is 0 Å². The van der Waals surface area contributed by atoms with Crippen LogP contribution in [0.3, 0.4) is 0 Å². The normalized spacial score (nSPS) is 21.5. The Morgan fingerprint density at radius 1 is 1.46 bits per heavy atom. The Morgan fingerprint density at radius 2 is 2.31 bits per heavy atom. The Morgan fingerprint density at radius 3 is 3.15 bits per heavy atom. The molecule has 0 aromatic heterocycles. The molecule has 70 valence electrons. The number of anilines is 1. The van der Waals surface area contributed by atoms with E-state index in [2.05, 4.69) is 5.32 Å². The minimum atomic E-state index is 0.102. The molecule has 3 heteroatoms. The number of nitrogens with one attached hydrogen (secondary N) is 1. The fourth-order valence-corrected chi connectivity index (χ4v) is 1.72. The average molecular weight is 178 g/mol. The first-order valence-electron chi connectivity index (χ1n) is 4.60. The minimum absolute atomic E-state index is 0.102. The zero-order valence-electron chi connectivity index (χ0n) is 7.46. The summed E-state index contributed by atoms with van der Waals surface area (Å²) in [4.78, 5) is 0. The molecule has 1 atom stereocenters. The van der Waals surface area contributed by atoms with E-state index >= 15 is 0 Å². The van der Waals surface area contributed by atoms with Gasteiger partial charge in [-0.25, -0.2) is 0 Å². The highest BCUT2D eigenvalue weighted by atomic mass is 16.3. The molecule has 0 saturated heterocycles. The zero-order chi connectivity index (χ0) is 9.26. The summed E-state index contributed by atoms with van der Waals surface area (Å²) < 4.78 is 0. The Labute approximate surface area is 77.6 Å². The second-order valence-electron chi connectivity index (χ2n) is 3.45. The predicted octanol–water partition coefficient (Wildman–Crippen LogP) is 1.60. The van der Waals surface area contributed by atoms with Crippen LogP contribution in [0.5, 0.6) is 5.75 Å². The van der Waals surface area contributed by atoms with Gasteiger partial charge in [-0.2, -0.15) is 0 Å². The second-order valence-corrected chi connectivity index (χ2v) is 3.45. The molecule has 0 spiro atoms. The molecule has 1 heterocycles. The van der Waals surface area contributed by atoms with Crippen LogP contribution in [0.25, 0.3) is 0 Å². The predicted molar refractivity (Wildman–Crippen MR) is 52.8 cm³/mol. The number of hydrogen-bond donors (Lipinski definition) is 3. The molecular weight excluding hydrogens is 164 g/mol. The zero-order valence-corrected chi connectivity index (χ0v) is 7.46. The molecule has 13 heavy (non-hydrogen) atoms. The summed E-state index contributed by atoms with van der Waals surface area (Å²) >= 11 is 0. The van der Waals surface area contributed by atoms with Crippen LogP contribution in [-0.4, -0.2) is 11.7 Å². The standard InChI is InChI=1S/C10H14N2O/c11-9-2-1-5-12-10-6-7(13)3-4-8(9)10/h3-4,6,9,12-13H,1-2,5,11H2. The van der Waals surface area contributed by atoms with E-state index in [4.69, 9.17) is 5.73 Å². The van der Waals surface area contributed by atoms with Crippen molar-refractivity contribution in [3.05, 3.63) is 23.8 Å². The molecule has 3 nitrogen and oxygen atoms in total. The van der Waals surface area contributed by atoms with Crippen LogP contribution >= 0.6 is 0 Å². The lowest BCUT2D eigenvalue weighted by Crippen LogP contribution is -2.09. The first-order valence-corrected chi connectivity index (χ1v) is 4.60. The van der Waals surface area contributed by atoms with Crippen molar-refractivity contribution in [1.82, 2.24) is 0 Å². The lowest BCUT2D eigenvalue weighted by molar-refractivity contribution is 0.475. The van der Waals surface area contributed by atoms with Gasteiger partial charge >= 0.3 is 0 Å². The largest absolute Gasteiger partial charge is 0.508 e. The number of benzene rings is 1. The van der Waals surface area contributed by atoms with Crippen LogP contribution in [0.15, 0.2) is 18.2 Å². The molecule has 1 unspecified atom stereocenters. The van der Waals surface area contributed by atoms with Crippen molar-refractivity contribution < 1.29 is 5.11 Å². The SMILES string of the molecule is NC1CCCNc2cc(O)ccc21. The molecule has 0 aliphatic carbocycles. The van der Waals surface area contributed by atoms with Crippen molar-refractivity contribution in [3.63, 3.8) is 0 Å². The van der Waals surface area contributed by atoms with Crippen LogP contribution in [0.2, 0.25) is 0 Å². The molecular formula is C10H14N2O. The van der Waals surface area contributed by atoms with E-state index in [1.165, 1.54) is 0 Å². The number of rotatable bonds is 0. The van der Waals surface area contributed by atoms with Crippen molar-refractivity contribution in [2.45, 2.75) is 18.9 Å². The number of phenolic OH excluding ortho intramolecular Hbond substituents is 1. The summed E-state index contributed by atoms with van der Waals surface area (Å²) in [7, 11) is 0. The van der Waals surface area contributed by atoms with Crippen LogP contribution in [0, 0.1) is 0 Å². The number of aromatic hydroxyl groups is 1. The lowest BCUT2D eigenvalue weighted by atomic mass is 10.0. The van der Waals surface area contributed by atoms with Gasteiger partial charge in [-0.1, -0.05) is 6.07 Å². The maximum Gasteiger partial charge on any atom is 0.117 e. The Balaban J connectivity index is 2.42. The maximum atomic E-state index is 9.29. The molecule has 0 radical (unpaired) electrons. The van der Waals surface area contributed by atoms with Gasteiger partial charge in [0.2, 0.25) is 0 Å². The fraction of sp³-hybridized carbons (Fsp3) is 0.400. The second kappa shape index (κ2) is 3.26. The first-order chi connectivity index (χ1) is 6.27. The van der Waals surface area contributed by atoms with Crippen molar-refractivity contribution >= 4 is 5.69 Å². The van der Waals surface area contributed by atoms with Gasteiger partial charge in [-0.05, 0) is 24.5 Å². The molecule has 1 aromatic carbocycles. The van der Waals surface area contributed by atoms with E-state index in [-0.39, 0.29) is 6.04 Å². The van der Waals surface area contributed by atoms with Crippen LogP contribution in [-0.2, 0) is 0 Å². The van der Waals surface area contributed by atoms with E-state index in [0.29, 0.717) is 5.75 Å². The fourth-order valence-electron chi connectivity index (χ4n) is 1.72. The van der Waals surface area contributed by atoms with Gasteiger partial charge in [-0.15, -0.1) is 0 Å². The summed E-state index contributed by atoms with van der Waals surface area (Å²) in [6.07, 6.45) is 2.08. The highest BCUT2D eigenvalue weighted by molar-refractivity contribution is 5.56. The summed E-state index contributed by atoms with van der Waals surface area (Å²) in [6, 6.07) is 5.42. The van der Waals surface area contributed by atoms with Crippen molar-refractivity contribution in [3.8, 4) is 5.75 Å². The van der Waals surface area contributed by atoms with Crippen LogP contribution < -0.4 is 11.1 Å². The maximum absolute atomic E-state index is 9.29. The number of hydrogen-bond acceptors (Lipinski definition) is 3. The van der Waals surface area contributed by atoms with Gasteiger partial charge in [0.15, 0.2) is 0 Å². The first kappa shape index (κ1) is 8.38. The van der Waals surface area contributed by atoms with Gasteiger partial charge < -0.3 is 16.2 Å². The Bertz CT molecular complexity index is 312. The van der Waals surface area contributed by atoms with Gasteiger partial charge in [-0.3, -0.25) is 0 Å². The highest BCUT2D eigenvalue weighted by Gasteiger charge is 2.14. The van der Waals surface area contributed by atoms with Crippen molar-refractivity contribution in [2.75, 3.05) is 11.9 Å². The third-order valence-corrected chi connectivity index (χ3v) is 2.44. The molecule has 1 aliphatic heterocycles. The monoisotopic (exact) mass is 178 g/mol. The molecule has 2 rings (SSSR count). The van der Waals surface area contributed by atoms with Gasteiger partial charge in [0.05, 0.1) is 0 Å². The molecule has 0 saturated carbocycles. The van der Waals surface area contributed by atoms with E-state index in [1.807, 2.05) is 6.07 Å². The number of nitrogens with two attached hydrogens (primary N) is 1. The van der Waals surface area contributed by atoms with Crippen molar-refractivity contribution in [2.24, 2.45) is 5.73 Å². The number of phenols is 1. The Kier molecular flexibility index (Phi) is 2.10. The molecule has 4 N–H and O–H groups in total. The topological polar surface area (TPSA) is 58.3 Å². The van der Waals surface area contributed by atoms with Gasteiger partial charge in [0, 0.05) is 24.3 Å². The smallest absolute Gasteiger partial charge is 0.117 e. The minimum Gasteiger partial charge on any atom is -0.508 e. The molecule has 1 aromatic rings. The molecule has 1 aliphatic rings. The quantitative estimate of drug-likeness (QED) is 0.565. The summed E-state index contributed by atoms with van der Waals surface area (Å²) in [6.45, 7) is 0.935. The average Bonchev–Trinajstić information content (AvgIpc) is 2.28. The van der Waals surface area contributed by atoms with Crippen LogP contribution in [0.4, 0.5) is 5.69 Å². The van der Waals surface area contributed by atoms with Gasteiger partial charge in [0.1, 0.15) is 5.75 Å². The third kappa shape index (κ3) is 1.60. The Hall–Kier alpha value is -1.22. The van der Waals surface area contributed by atoms with E-state index in [0.717, 1.165) is 30.6 Å². The molecule has 0 amide bonds. The van der Waals surface area contributed by atoms with E-state index in [9.17, 15) is 5.11 Å². The summed E-state index contributed by atoms with van der Waals surface area (Å²) in [5, 5.41) is 12.5. The number of fused-ring (bicyclic) bond motifs is 1. The third-order valence-electron chi connectivity index (χ3n) is 2.44. The van der Waals surface area contributed by atoms with Crippen molar-refractivity contribution in [1.29, 1.82) is 0 Å². The van der Waals surface area contributed by atoms with E-state index in [1.54, 1.807) is 12.1 Å². The molecule has 0 fully saturated rings. The summed E-state index contributed by atoms with van der Waals surface area (Å²) in [5.41, 5.74) is 8.06. The van der Waals surface area contributed by atoms with Crippen LogP contribution in [0.1, 0.15) is 24.4 Å². The lowest BCUT2D eigenvalue weighted by Gasteiger charge is -2.12. The summed E-state index contributed by atoms with van der Waals surface area (Å²) in [5.74, 6) is 0.292. The van der Waals surface area contributed by atoms with Gasteiger partial charge in [0.25, 0.3) is 0 Å². The molecule has 0 bridgehead atoms. The highest BCUT2D eigenvalue weighted by Crippen LogP contribution is 2.30.